The molecule has 0 spiro atoms. The number of benzene rings is 5. The lowest BCUT2D eigenvalue weighted by molar-refractivity contribution is 0.507. The number of rotatable bonds is 6. The summed E-state index contributed by atoms with van der Waals surface area (Å²) >= 11 is 0. The van der Waals surface area contributed by atoms with E-state index in [1.807, 2.05) is 0 Å². The lowest BCUT2D eigenvalue weighted by Gasteiger charge is -2.23. The predicted molar refractivity (Wildman–Crippen MR) is 182 cm³/mol. The number of nitrogens with zero attached hydrogens (tertiary/aromatic N) is 2. The maximum absolute atomic E-state index is 9.91. The maximum Gasteiger partial charge on any atom is 0.0667 e. The molecule has 0 saturated carbocycles. The summed E-state index contributed by atoms with van der Waals surface area (Å²) in [6.07, 6.45) is -9.03. The van der Waals surface area contributed by atoms with Crippen LogP contribution in [0.25, 0.3) is 55.0 Å². The molecule has 2 heterocycles. The second-order valence-electron chi connectivity index (χ2n) is 9.01. The highest BCUT2D eigenvalue weighted by Crippen LogP contribution is 2.39. The molecule has 5 aromatic carbocycles. The van der Waals surface area contributed by atoms with Crippen LogP contribution in [0.1, 0.15) is 120 Å². The molecule has 0 aliphatic heterocycles. The van der Waals surface area contributed by atoms with Gasteiger partial charge in [-0.05, 0) is 89.1 Å². The van der Waals surface area contributed by atoms with Crippen LogP contribution in [0.5, 0.6) is 0 Å². The lowest BCUT2D eigenvalue weighted by atomic mass is 9.82. The highest BCUT2D eigenvalue weighted by Gasteiger charge is 2.22. The summed E-state index contributed by atoms with van der Waals surface area (Å²) in [4.78, 5) is 0. The normalized spacial score (nSPS) is 29.0. The molecule has 7 rings (SSSR count). The molecule has 0 aliphatic rings. The number of fused-ring (bicyclic) bond motifs is 6. The first-order chi connectivity index (χ1) is 36.6. The Morgan fingerprint density at radius 1 is 0.524 bits per heavy atom. The van der Waals surface area contributed by atoms with E-state index < -0.39 is 240 Å². The van der Waals surface area contributed by atoms with Crippen LogP contribution in [0.2, 0.25) is 0 Å². The molecule has 0 amide bonds. The van der Waals surface area contributed by atoms with Crippen molar-refractivity contribution in [3.8, 4) is 11.4 Å². The molecule has 0 N–H and O–H groups in total. The number of hydrogen-bond donors (Lipinski definition) is 0. The van der Waals surface area contributed by atoms with Gasteiger partial charge in [0.15, 0.2) is 0 Å². The van der Waals surface area contributed by atoms with Gasteiger partial charge in [0.05, 0.1) is 46.7 Å². The van der Waals surface area contributed by atoms with E-state index >= 15 is 0 Å². The van der Waals surface area contributed by atoms with Crippen molar-refractivity contribution in [2.75, 3.05) is 0 Å². The number of para-hydroxylation sites is 2. The second-order valence-corrected chi connectivity index (χ2v) is 9.01. The fourth-order valence-electron chi connectivity index (χ4n) is 4.52. The third-order valence-corrected chi connectivity index (χ3v) is 6.49. The van der Waals surface area contributed by atoms with E-state index in [0.29, 0.717) is 9.13 Å². The molecule has 0 saturated heterocycles. The van der Waals surface area contributed by atoms with Crippen LogP contribution in [-0.4, -0.2) is 9.13 Å². The zero-order chi connectivity index (χ0) is 63.5. The SMILES string of the molecule is [2H]c1c([2H])c(-n2c3c([2H])c([2H])c([2H])c([2H])c3c3c([2H])c(C(C([2H])([2H])[2H])(C([2H])([2H])[2H])C([2H])([2H])C([2H])([2H])[2H])c([2H])c([2H])c32)c([2H])c(-n2c3c([2H])c([2H])c([2H])c([2H])c3c3c([2H])c(C(C([2H])([2H])[2H])(C([2H])([2H])[2H])C([2H])([2H])C([2H])([2H])[2H])c([2H])c([2H])c32)c1[2H]. The van der Waals surface area contributed by atoms with Gasteiger partial charge < -0.3 is 9.13 Å². The molecule has 0 aliphatic carbocycles. The van der Waals surface area contributed by atoms with Gasteiger partial charge in [-0.2, -0.15) is 0 Å². The Hall–Kier alpha value is -4.30. The average Bonchev–Trinajstić information content (AvgIpc) is 3.86. The molecule has 7 aromatic rings. The van der Waals surface area contributed by atoms with Crippen LogP contribution >= 0.6 is 0 Å². The minimum atomic E-state index is -4.52. The van der Waals surface area contributed by atoms with Crippen LogP contribution in [0.3, 0.4) is 0 Å². The fourth-order valence-corrected chi connectivity index (χ4v) is 4.52. The van der Waals surface area contributed by atoms with Crippen molar-refractivity contribution in [1.82, 2.24) is 9.13 Å². The van der Waals surface area contributed by atoms with Crippen LogP contribution in [-0.2, 0) is 10.8 Å². The molecule has 0 bridgehead atoms. The zero-order valence-corrected chi connectivity index (χ0v) is 20.9. The molecule has 0 unspecified atom stereocenters. The van der Waals surface area contributed by atoms with Crippen LogP contribution < -0.4 is 0 Å². The summed E-state index contributed by atoms with van der Waals surface area (Å²) in [5.74, 6) is 0. The summed E-state index contributed by atoms with van der Waals surface area (Å²) in [5.41, 5.74) is -19.7. The van der Waals surface area contributed by atoms with Crippen LogP contribution in [0, 0.1) is 0 Å². The van der Waals surface area contributed by atoms with Crippen LogP contribution in [0.15, 0.2) is 109 Å². The number of aromatic nitrogens is 2. The minimum absolute atomic E-state index is 0.327. The summed E-state index contributed by atoms with van der Waals surface area (Å²) in [6.45, 7) is -26.2. The van der Waals surface area contributed by atoms with Crippen molar-refractivity contribution in [2.45, 2.75) is 64.7 Å². The van der Waals surface area contributed by atoms with Crippen LogP contribution in [0.4, 0.5) is 0 Å². The summed E-state index contributed by atoms with van der Waals surface area (Å²) in [7, 11) is 0. The molecule has 0 radical (unpaired) electrons. The van der Waals surface area contributed by atoms with Gasteiger partial charge in [-0.15, -0.1) is 0 Å². The highest BCUT2D eigenvalue weighted by atomic mass is 15.0. The van der Waals surface area contributed by atoms with Gasteiger partial charge in [-0.3, -0.25) is 0 Å². The molecule has 2 heteroatoms. The van der Waals surface area contributed by atoms with Gasteiger partial charge in [0.25, 0.3) is 0 Å². The highest BCUT2D eigenvalue weighted by molar-refractivity contribution is 6.11. The van der Waals surface area contributed by atoms with Crippen molar-refractivity contribution in [1.29, 1.82) is 0 Å². The van der Waals surface area contributed by atoms with Gasteiger partial charge in [-0.25, -0.2) is 0 Å². The third kappa shape index (κ3) is 4.00. The Bertz CT molecular complexity index is 3650. The van der Waals surface area contributed by atoms with E-state index in [-0.39, 0.29) is 0 Å². The molecule has 210 valence electrons. The molecule has 2 nitrogen and oxygen atoms in total. The monoisotopic (exact) mass is 589 g/mol. The quantitative estimate of drug-likeness (QED) is 0.183. The molecule has 0 fully saturated rings. The molecule has 42 heavy (non-hydrogen) atoms. The Kier molecular flexibility index (Phi) is 1.66. The molecular formula is C40H40N2. The summed E-state index contributed by atoms with van der Waals surface area (Å²) in [6, 6.07) is -25.3. The largest absolute Gasteiger partial charge is 0.309 e. The second kappa shape index (κ2) is 9.63. The van der Waals surface area contributed by atoms with Gasteiger partial charge in [0.2, 0.25) is 0 Å². The Morgan fingerprint density at radius 3 is 1.43 bits per heavy atom. The fraction of sp³-hybridized carbons (Fsp3) is 0.250. The van der Waals surface area contributed by atoms with Gasteiger partial charge in [0, 0.05) is 63.1 Å². The van der Waals surface area contributed by atoms with Gasteiger partial charge in [-0.1, -0.05) is 95.5 Å². The predicted octanol–water partition coefficient (Wildman–Crippen LogP) is 11.3. The topological polar surface area (TPSA) is 9.86 Å². The Labute approximate surface area is 305 Å². The van der Waals surface area contributed by atoms with Gasteiger partial charge >= 0.3 is 0 Å². The van der Waals surface area contributed by atoms with E-state index in [4.69, 9.17) is 41.1 Å². The van der Waals surface area contributed by atoms with Crippen molar-refractivity contribution in [3.05, 3.63) is 120 Å². The first kappa shape index (κ1) is 7.25. The summed E-state index contributed by atoms with van der Waals surface area (Å²) < 4.78 is 351. The standard InChI is InChI=1S/C40H40N2/c1-7-39(3,4)27-20-22-37-33(24-27)31-16-9-11-18-35(31)41(37)29-14-13-15-30(26-29)42-36-19-12-10-17-32(36)34-25-28(21-23-38(34)42)40(5,6)8-2/h9-26H,7-8H2,1-6H3/i1D3,2D3,3D3,4D3,5D3,6D3,7D2,8D2,9D,10D,11D,12D,13D,14D,15D,16D,17D,18D,19D,20D,21D,22D,23D,24D,25D,26D. The van der Waals surface area contributed by atoms with Crippen molar-refractivity contribution >= 4 is 43.6 Å². The first-order valence-corrected chi connectivity index (χ1v) is 11.8. The first-order valence-electron chi connectivity index (χ1n) is 31.8. The molecule has 2 aromatic heterocycles. The summed E-state index contributed by atoms with van der Waals surface area (Å²) in [5, 5.41) is -4.47. The Morgan fingerprint density at radius 2 is 0.976 bits per heavy atom. The van der Waals surface area contributed by atoms with E-state index in [1.165, 1.54) is 0 Å². The molecular weight excluding hydrogens is 508 g/mol. The lowest BCUT2D eigenvalue weighted by Crippen LogP contribution is -2.15. The van der Waals surface area contributed by atoms with E-state index in [0.717, 1.165) is 0 Å². The van der Waals surface area contributed by atoms with Crippen molar-refractivity contribution < 1.29 is 54.8 Å². The van der Waals surface area contributed by atoms with E-state index in [1.54, 1.807) is 0 Å². The minimum Gasteiger partial charge on any atom is -0.309 e. The molecule has 0 atom stereocenters. The maximum atomic E-state index is 9.91. The van der Waals surface area contributed by atoms with E-state index in [2.05, 4.69) is 0 Å². The average molecular weight is 589 g/mol. The smallest absolute Gasteiger partial charge is 0.0667 e. The third-order valence-electron chi connectivity index (χ3n) is 6.49. The van der Waals surface area contributed by atoms with Crippen molar-refractivity contribution in [3.63, 3.8) is 0 Å². The van der Waals surface area contributed by atoms with Crippen molar-refractivity contribution in [2.24, 2.45) is 0 Å². The van der Waals surface area contributed by atoms with Gasteiger partial charge in [0.1, 0.15) is 0 Å². The van der Waals surface area contributed by atoms with E-state index in [9.17, 15) is 13.7 Å². The number of hydrogen-bond acceptors (Lipinski definition) is 0. The zero-order valence-electron chi connectivity index (χ0n) is 60.9. The Balaban J connectivity index is 1.87.